The Morgan fingerprint density at radius 2 is 2.20 bits per heavy atom. The van der Waals surface area contributed by atoms with E-state index in [2.05, 4.69) is 51.0 Å². The highest BCUT2D eigenvalue weighted by Gasteiger charge is 2.06. The summed E-state index contributed by atoms with van der Waals surface area (Å²) in [4.78, 5) is 7.72. The number of hydrogen-bond donors (Lipinski definition) is 2. The first-order valence-corrected chi connectivity index (χ1v) is 7.67. The molecule has 2 heterocycles. The van der Waals surface area contributed by atoms with Crippen LogP contribution in [0, 0.1) is 6.92 Å². The van der Waals surface area contributed by atoms with E-state index in [0.29, 0.717) is 0 Å². The van der Waals surface area contributed by atoms with Crippen molar-refractivity contribution in [3.63, 3.8) is 0 Å². The molecule has 0 unspecified atom stereocenters. The van der Waals surface area contributed by atoms with E-state index in [1.54, 1.807) is 0 Å². The average Bonchev–Trinajstić information content (AvgIpc) is 3.05. The van der Waals surface area contributed by atoms with Gasteiger partial charge >= 0.3 is 0 Å². The van der Waals surface area contributed by atoms with Gasteiger partial charge in [-0.2, -0.15) is 4.37 Å². The molecule has 4 nitrogen and oxygen atoms in total. The van der Waals surface area contributed by atoms with Gasteiger partial charge in [-0.25, -0.2) is 4.98 Å². The maximum Gasteiger partial charge on any atom is 0.202 e. The van der Waals surface area contributed by atoms with Gasteiger partial charge in [0.05, 0.1) is 0 Å². The molecular formula is C15H18N4S. The van der Waals surface area contributed by atoms with Crippen LogP contribution in [0.1, 0.15) is 23.9 Å². The molecular weight excluding hydrogens is 268 g/mol. The van der Waals surface area contributed by atoms with Crippen LogP contribution in [0.5, 0.6) is 0 Å². The van der Waals surface area contributed by atoms with Crippen molar-refractivity contribution < 1.29 is 0 Å². The average molecular weight is 286 g/mol. The molecule has 0 aliphatic carbocycles. The zero-order valence-electron chi connectivity index (χ0n) is 11.7. The van der Waals surface area contributed by atoms with Crippen LogP contribution in [-0.4, -0.2) is 20.9 Å². The molecule has 0 bridgehead atoms. The van der Waals surface area contributed by atoms with Crippen molar-refractivity contribution >= 4 is 27.6 Å². The van der Waals surface area contributed by atoms with E-state index in [1.165, 1.54) is 33.6 Å². The lowest BCUT2D eigenvalue weighted by molar-refractivity contribution is 1.02. The summed E-state index contributed by atoms with van der Waals surface area (Å²) in [6, 6.07) is 6.51. The van der Waals surface area contributed by atoms with E-state index >= 15 is 0 Å². The number of aromatic nitrogens is 3. The maximum atomic E-state index is 4.31. The number of hydrogen-bond acceptors (Lipinski definition) is 4. The monoisotopic (exact) mass is 286 g/mol. The van der Waals surface area contributed by atoms with Crippen molar-refractivity contribution in [2.75, 3.05) is 11.9 Å². The van der Waals surface area contributed by atoms with Crippen LogP contribution in [0.2, 0.25) is 0 Å². The number of anilines is 1. The maximum absolute atomic E-state index is 4.31. The van der Waals surface area contributed by atoms with Crippen LogP contribution in [0.4, 0.5) is 5.13 Å². The Bertz CT molecular complexity index is 714. The molecule has 0 atom stereocenters. The predicted molar refractivity (Wildman–Crippen MR) is 84.5 cm³/mol. The Hall–Kier alpha value is -1.88. The second-order valence-electron chi connectivity index (χ2n) is 4.83. The van der Waals surface area contributed by atoms with E-state index in [-0.39, 0.29) is 0 Å². The van der Waals surface area contributed by atoms with E-state index in [9.17, 15) is 0 Å². The molecule has 1 aromatic carbocycles. The smallest absolute Gasteiger partial charge is 0.202 e. The fourth-order valence-electron chi connectivity index (χ4n) is 2.45. The van der Waals surface area contributed by atoms with Crippen molar-refractivity contribution in [2.45, 2.75) is 26.7 Å². The van der Waals surface area contributed by atoms with Gasteiger partial charge < -0.3 is 10.3 Å². The van der Waals surface area contributed by atoms with Crippen LogP contribution < -0.4 is 5.32 Å². The molecule has 0 saturated heterocycles. The highest BCUT2D eigenvalue weighted by Crippen LogP contribution is 2.22. The van der Waals surface area contributed by atoms with Gasteiger partial charge in [0.25, 0.3) is 0 Å². The lowest BCUT2D eigenvalue weighted by atomic mass is 10.1. The Balaban J connectivity index is 1.71. The summed E-state index contributed by atoms with van der Waals surface area (Å²) in [7, 11) is 0. The molecule has 0 aliphatic heterocycles. The zero-order chi connectivity index (χ0) is 13.9. The molecule has 104 valence electrons. The van der Waals surface area contributed by atoms with Gasteiger partial charge in [-0.1, -0.05) is 25.1 Å². The van der Waals surface area contributed by atoms with Crippen LogP contribution in [0.15, 0.2) is 24.4 Å². The van der Waals surface area contributed by atoms with Gasteiger partial charge in [0, 0.05) is 35.2 Å². The summed E-state index contributed by atoms with van der Waals surface area (Å²) >= 11 is 1.42. The minimum atomic E-state index is 0.831. The van der Waals surface area contributed by atoms with Gasteiger partial charge in [0.15, 0.2) is 0 Å². The van der Waals surface area contributed by atoms with Crippen LogP contribution in [-0.2, 0) is 12.8 Å². The summed E-state index contributed by atoms with van der Waals surface area (Å²) in [5.74, 6) is 0.831. The Labute approximate surface area is 122 Å². The van der Waals surface area contributed by atoms with Gasteiger partial charge in [-0.15, -0.1) is 0 Å². The number of H-pyrrole nitrogens is 1. The van der Waals surface area contributed by atoms with E-state index in [4.69, 9.17) is 0 Å². The quantitative estimate of drug-likeness (QED) is 0.754. The van der Waals surface area contributed by atoms with Crippen molar-refractivity contribution in [1.29, 1.82) is 0 Å². The van der Waals surface area contributed by atoms with E-state index in [0.717, 1.165) is 30.3 Å². The molecule has 3 aromatic rings. The number of nitrogens with one attached hydrogen (secondary N) is 2. The number of aromatic amines is 1. The van der Waals surface area contributed by atoms with Gasteiger partial charge in [0.1, 0.15) is 5.82 Å². The number of rotatable bonds is 5. The lowest BCUT2D eigenvalue weighted by Crippen LogP contribution is -2.04. The summed E-state index contributed by atoms with van der Waals surface area (Å²) < 4.78 is 4.17. The van der Waals surface area contributed by atoms with E-state index in [1.807, 2.05) is 6.92 Å². The molecule has 2 aromatic heterocycles. The highest BCUT2D eigenvalue weighted by atomic mass is 32.1. The molecule has 0 fully saturated rings. The summed E-state index contributed by atoms with van der Waals surface area (Å²) in [5, 5.41) is 5.56. The Kier molecular flexibility index (Phi) is 3.69. The van der Waals surface area contributed by atoms with Crippen LogP contribution >= 0.6 is 11.5 Å². The molecule has 3 rings (SSSR count). The fraction of sp³-hybridized carbons (Fsp3) is 0.333. The number of para-hydroxylation sites is 1. The topological polar surface area (TPSA) is 53.6 Å². The lowest BCUT2D eigenvalue weighted by Gasteiger charge is -2.02. The van der Waals surface area contributed by atoms with Gasteiger partial charge in [-0.3, -0.25) is 0 Å². The molecule has 5 heteroatoms. The highest BCUT2D eigenvalue weighted by molar-refractivity contribution is 7.09. The number of benzene rings is 1. The third kappa shape index (κ3) is 2.54. The van der Waals surface area contributed by atoms with Gasteiger partial charge in [0.2, 0.25) is 5.13 Å². The molecule has 0 spiro atoms. The first kappa shape index (κ1) is 13.1. The van der Waals surface area contributed by atoms with E-state index < -0.39 is 0 Å². The normalized spacial score (nSPS) is 11.1. The number of fused-ring (bicyclic) bond motifs is 1. The third-order valence-electron chi connectivity index (χ3n) is 3.47. The Morgan fingerprint density at radius 3 is 2.95 bits per heavy atom. The predicted octanol–water partition coefficient (Wildman–Crippen LogP) is 3.54. The SMILES string of the molecule is CCc1cccc2c(CCNc3nc(C)ns3)c[nH]c12. The summed E-state index contributed by atoms with van der Waals surface area (Å²) in [5.41, 5.74) is 4.00. The molecule has 0 saturated carbocycles. The van der Waals surface area contributed by atoms with Crippen molar-refractivity contribution in [1.82, 2.24) is 14.3 Å². The summed E-state index contributed by atoms with van der Waals surface area (Å²) in [6.07, 6.45) is 4.16. The molecule has 0 aliphatic rings. The van der Waals surface area contributed by atoms with Crippen molar-refractivity contribution in [3.05, 3.63) is 41.3 Å². The fourth-order valence-corrected chi connectivity index (χ4v) is 3.05. The van der Waals surface area contributed by atoms with Crippen molar-refractivity contribution in [3.8, 4) is 0 Å². The standard InChI is InChI=1S/C15H18N4S/c1-3-11-5-4-6-13-12(9-17-14(11)13)7-8-16-15-18-10(2)19-20-15/h4-6,9,17H,3,7-8H2,1-2H3,(H,16,18,19). The number of nitrogens with zero attached hydrogens (tertiary/aromatic N) is 2. The minimum absolute atomic E-state index is 0.831. The Morgan fingerprint density at radius 1 is 1.30 bits per heavy atom. The number of aryl methyl sites for hydroxylation is 2. The third-order valence-corrected chi connectivity index (χ3v) is 4.23. The first-order chi connectivity index (χ1) is 9.78. The second kappa shape index (κ2) is 5.63. The molecule has 0 radical (unpaired) electrons. The second-order valence-corrected chi connectivity index (χ2v) is 5.58. The minimum Gasteiger partial charge on any atom is -0.361 e. The first-order valence-electron chi connectivity index (χ1n) is 6.90. The molecule has 2 N–H and O–H groups in total. The molecule has 0 amide bonds. The van der Waals surface area contributed by atoms with Crippen LogP contribution in [0.3, 0.4) is 0 Å². The van der Waals surface area contributed by atoms with Crippen molar-refractivity contribution in [2.24, 2.45) is 0 Å². The largest absolute Gasteiger partial charge is 0.361 e. The summed E-state index contributed by atoms with van der Waals surface area (Å²) in [6.45, 7) is 4.97. The van der Waals surface area contributed by atoms with Gasteiger partial charge in [-0.05, 0) is 30.9 Å². The van der Waals surface area contributed by atoms with Crippen LogP contribution in [0.25, 0.3) is 10.9 Å². The zero-order valence-corrected chi connectivity index (χ0v) is 12.5. The molecule has 20 heavy (non-hydrogen) atoms.